The van der Waals surface area contributed by atoms with Gasteiger partial charge in [0.15, 0.2) is 11.5 Å². The Morgan fingerprint density at radius 1 is 1.11 bits per heavy atom. The van der Waals surface area contributed by atoms with Gasteiger partial charge in [0.2, 0.25) is 10.8 Å². The topological polar surface area (TPSA) is 75.4 Å². The normalized spacial score (nSPS) is 15.5. The fourth-order valence-electron chi connectivity index (χ4n) is 4.59. The van der Waals surface area contributed by atoms with Gasteiger partial charge in [-0.15, -0.1) is 5.10 Å². The van der Waals surface area contributed by atoms with Crippen molar-refractivity contribution < 1.29 is 14.6 Å². The van der Waals surface area contributed by atoms with Gasteiger partial charge in [-0.3, -0.25) is 4.90 Å². The van der Waals surface area contributed by atoms with Crippen LogP contribution in [0.15, 0.2) is 42.5 Å². The van der Waals surface area contributed by atoms with E-state index in [9.17, 15) is 5.11 Å². The second-order valence-electron chi connectivity index (χ2n) is 8.39. The number of fused-ring (bicyclic) bond motifs is 1. The standard InChI is InChI=1S/C25H28ClN5O3S/c1-4-34-20-9-8-17(14-21(20)33-3)22(23-24(32)31-25(35-23)27-16(2)28-31)30-12-10-29(11-13-30)19-7-5-6-18(26)15-19/h5-9,14-15,22,32H,4,10-13H2,1-3H3/t22-/m0/s1. The van der Waals surface area contributed by atoms with E-state index in [2.05, 4.69) is 25.9 Å². The van der Waals surface area contributed by atoms with E-state index in [0.29, 0.717) is 28.9 Å². The van der Waals surface area contributed by atoms with Crippen LogP contribution in [0, 0.1) is 6.92 Å². The molecule has 184 valence electrons. The Bertz CT molecular complexity index is 1330. The lowest BCUT2D eigenvalue weighted by atomic mass is 10.0. The zero-order valence-electron chi connectivity index (χ0n) is 19.9. The van der Waals surface area contributed by atoms with Crippen molar-refractivity contribution in [1.82, 2.24) is 19.5 Å². The first-order chi connectivity index (χ1) is 17.0. The lowest BCUT2D eigenvalue weighted by molar-refractivity contribution is 0.210. The lowest BCUT2D eigenvalue weighted by Gasteiger charge is -2.40. The number of aromatic hydroxyl groups is 1. The molecule has 1 aliphatic rings. The third kappa shape index (κ3) is 4.63. The van der Waals surface area contributed by atoms with Gasteiger partial charge in [-0.05, 0) is 49.7 Å². The Morgan fingerprint density at radius 3 is 2.60 bits per heavy atom. The number of rotatable bonds is 7. The van der Waals surface area contributed by atoms with Gasteiger partial charge in [0.25, 0.3) is 0 Å². The van der Waals surface area contributed by atoms with Crippen molar-refractivity contribution in [1.29, 1.82) is 0 Å². The maximum Gasteiger partial charge on any atom is 0.230 e. The number of piperazine rings is 1. The molecule has 35 heavy (non-hydrogen) atoms. The molecule has 5 rings (SSSR count). The van der Waals surface area contributed by atoms with E-state index >= 15 is 0 Å². The minimum absolute atomic E-state index is 0.126. The number of methoxy groups -OCH3 is 1. The molecule has 0 bridgehead atoms. The summed E-state index contributed by atoms with van der Waals surface area (Å²) in [4.78, 5) is 10.7. The van der Waals surface area contributed by atoms with Crippen molar-refractivity contribution in [3.8, 4) is 17.4 Å². The molecular weight excluding hydrogens is 486 g/mol. The summed E-state index contributed by atoms with van der Waals surface area (Å²) >= 11 is 7.69. The van der Waals surface area contributed by atoms with Crippen LogP contribution in [0.2, 0.25) is 5.02 Å². The average Bonchev–Trinajstić information content (AvgIpc) is 3.37. The molecule has 0 saturated carbocycles. The Labute approximate surface area is 213 Å². The molecule has 3 heterocycles. The molecule has 1 aliphatic heterocycles. The van der Waals surface area contributed by atoms with E-state index in [1.165, 1.54) is 15.9 Å². The number of nitrogens with zero attached hydrogens (tertiary/aromatic N) is 5. The summed E-state index contributed by atoms with van der Waals surface area (Å²) in [5.41, 5.74) is 2.13. The second kappa shape index (κ2) is 9.93. The summed E-state index contributed by atoms with van der Waals surface area (Å²) in [6, 6.07) is 13.8. The van der Waals surface area contributed by atoms with Crippen LogP contribution in [0.1, 0.15) is 29.2 Å². The van der Waals surface area contributed by atoms with Gasteiger partial charge in [0.1, 0.15) is 5.82 Å². The summed E-state index contributed by atoms with van der Waals surface area (Å²) < 4.78 is 12.9. The molecule has 1 atom stereocenters. The van der Waals surface area contributed by atoms with Crippen LogP contribution in [0.5, 0.6) is 17.4 Å². The van der Waals surface area contributed by atoms with E-state index in [0.717, 1.165) is 47.3 Å². The summed E-state index contributed by atoms with van der Waals surface area (Å²) in [6.45, 7) is 7.61. The van der Waals surface area contributed by atoms with Crippen LogP contribution < -0.4 is 14.4 Å². The first kappa shape index (κ1) is 23.7. The molecule has 0 amide bonds. The van der Waals surface area contributed by atoms with Crippen LogP contribution in [0.25, 0.3) is 4.96 Å². The number of anilines is 1. The second-order valence-corrected chi connectivity index (χ2v) is 9.84. The van der Waals surface area contributed by atoms with E-state index < -0.39 is 0 Å². The van der Waals surface area contributed by atoms with Gasteiger partial charge in [-0.2, -0.15) is 4.52 Å². The maximum atomic E-state index is 11.2. The van der Waals surface area contributed by atoms with Crippen LogP contribution in [0.3, 0.4) is 0 Å². The highest BCUT2D eigenvalue weighted by Crippen LogP contribution is 2.42. The zero-order valence-corrected chi connectivity index (χ0v) is 21.5. The minimum Gasteiger partial charge on any atom is -0.493 e. The molecule has 0 aliphatic carbocycles. The Kier molecular flexibility index (Phi) is 6.73. The van der Waals surface area contributed by atoms with Gasteiger partial charge < -0.3 is 19.5 Å². The maximum absolute atomic E-state index is 11.2. The zero-order chi connectivity index (χ0) is 24.5. The third-order valence-corrected chi connectivity index (χ3v) is 7.52. The first-order valence-corrected chi connectivity index (χ1v) is 12.8. The van der Waals surface area contributed by atoms with Crippen molar-refractivity contribution in [2.24, 2.45) is 0 Å². The summed E-state index contributed by atoms with van der Waals surface area (Å²) in [7, 11) is 1.64. The van der Waals surface area contributed by atoms with Crippen molar-refractivity contribution in [3.05, 3.63) is 63.8 Å². The van der Waals surface area contributed by atoms with Crippen molar-refractivity contribution in [2.75, 3.05) is 44.8 Å². The van der Waals surface area contributed by atoms with Gasteiger partial charge in [0.05, 0.1) is 24.6 Å². The number of aryl methyl sites for hydroxylation is 1. The predicted molar refractivity (Wildman–Crippen MR) is 139 cm³/mol. The number of benzene rings is 2. The van der Waals surface area contributed by atoms with E-state index in [1.54, 1.807) is 7.11 Å². The molecule has 8 nitrogen and oxygen atoms in total. The van der Waals surface area contributed by atoms with Crippen molar-refractivity contribution in [2.45, 2.75) is 19.9 Å². The molecule has 1 saturated heterocycles. The average molecular weight is 514 g/mol. The number of halogens is 1. The number of ether oxygens (including phenoxy) is 2. The van der Waals surface area contributed by atoms with E-state index in [1.807, 2.05) is 50.2 Å². The molecule has 1 fully saturated rings. The number of hydrogen-bond donors (Lipinski definition) is 1. The molecule has 0 spiro atoms. The Morgan fingerprint density at radius 2 is 1.91 bits per heavy atom. The van der Waals surface area contributed by atoms with Crippen molar-refractivity contribution >= 4 is 33.6 Å². The highest BCUT2D eigenvalue weighted by Gasteiger charge is 2.32. The van der Waals surface area contributed by atoms with E-state index in [4.69, 9.17) is 21.1 Å². The lowest BCUT2D eigenvalue weighted by Crippen LogP contribution is -2.47. The predicted octanol–water partition coefficient (Wildman–Crippen LogP) is 4.78. The largest absolute Gasteiger partial charge is 0.493 e. The fourth-order valence-corrected chi connectivity index (χ4v) is 5.94. The monoisotopic (exact) mass is 513 g/mol. The van der Waals surface area contributed by atoms with Gasteiger partial charge >= 0.3 is 0 Å². The van der Waals surface area contributed by atoms with Crippen LogP contribution in [0.4, 0.5) is 5.69 Å². The molecule has 0 unspecified atom stereocenters. The smallest absolute Gasteiger partial charge is 0.230 e. The quantitative estimate of drug-likeness (QED) is 0.381. The van der Waals surface area contributed by atoms with Gasteiger partial charge in [0, 0.05) is 36.9 Å². The Hall–Kier alpha value is -3.01. The summed E-state index contributed by atoms with van der Waals surface area (Å²) in [6.07, 6.45) is 0. The molecule has 2 aromatic heterocycles. The number of thiazole rings is 1. The summed E-state index contributed by atoms with van der Waals surface area (Å²) in [5.74, 6) is 2.13. The molecule has 10 heteroatoms. The molecule has 0 radical (unpaired) electrons. The number of aromatic nitrogens is 3. The van der Waals surface area contributed by atoms with Crippen LogP contribution in [-0.4, -0.2) is 64.5 Å². The minimum atomic E-state index is -0.185. The number of hydrogen-bond acceptors (Lipinski definition) is 8. The molecule has 1 N–H and O–H groups in total. The SMILES string of the molecule is CCOc1ccc([C@@H](c2sc3nc(C)nn3c2O)N2CCN(c3cccc(Cl)c3)CC2)cc1OC. The van der Waals surface area contributed by atoms with Crippen LogP contribution >= 0.6 is 22.9 Å². The Balaban J connectivity index is 1.50. The molecular formula is C25H28ClN5O3S. The van der Waals surface area contributed by atoms with Gasteiger partial charge in [-0.25, -0.2) is 4.98 Å². The fraction of sp³-hybridized carbons (Fsp3) is 0.360. The third-order valence-electron chi connectivity index (χ3n) is 6.21. The summed E-state index contributed by atoms with van der Waals surface area (Å²) in [5, 5.41) is 16.3. The molecule has 2 aromatic carbocycles. The van der Waals surface area contributed by atoms with E-state index in [-0.39, 0.29) is 11.9 Å². The van der Waals surface area contributed by atoms with Gasteiger partial charge in [-0.1, -0.05) is 35.1 Å². The van der Waals surface area contributed by atoms with Crippen LogP contribution in [-0.2, 0) is 0 Å². The molecule has 4 aromatic rings. The van der Waals surface area contributed by atoms with Crippen molar-refractivity contribution in [3.63, 3.8) is 0 Å². The highest BCUT2D eigenvalue weighted by atomic mass is 35.5. The first-order valence-electron chi connectivity index (χ1n) is 11.6. The highest BCUT2D eigenvalue weighted by molar-refractivity contribution is 7.17.